The largest absolute Gasteiger partial charge is 0.493 e. The molecule has 0 fully saturated rings. The highest BCUT2D eigenvalue weighted by molar-refractivity contribution is 5.75. The first-order chi connectivity index (χ1) is 12.7. The van der Waals surface area contributed by atoms with Gasteiger partial charge in [0, 0.05) is 23.2 Å². The molecule has 0 N–H and O–H groups in total. The Morgan fingerprint density at radius 2 is 2.15 bits per heavy atom. The summed E-state index contributed by atoms with van der Waals surface area (Å²) in [5.74, 6) is 0.680. The van der Waals surface area contributed by atoms with E-state index in [-0.39, 0.29) is 5.82 Å². The number of aromatic nitrogens is 3. The van der Waals surface area contributed by atoms with E-state index in [9.17, 15) is 4.39 Å². The normalized spacial score (nSPS) is 13.9. The van der Waals surface area contributed by atoms with Crippen LogP contribution >= 0.6 is 0 Å². The smallest absolute Gasteiger partial charge is 0.168 e. The Bertz CT molecular complexity index is 990. The molecule has 134 valence electrons. The first kappa shape index (κ1) is 16.8. The van der Waals surface area contributed by atoms with Crippen molar-refractivity contribution in [2.24, 2.45) is 0 Å². The van der Waals surface area contributed by atoms with Gasteiger partial charge in [-0.3, -0.25) is 4.40 Å². The van der Waals surface area contributed by atoms with Crippen molar-refractivity contribution in [3.05, 3.63) is 64.9 Å². The summed E-state index contributed by atoms with van der Waals surface area (Å²) in [6.45, 7) is 4.82. The second-order valence-corrected chi connectivity index (χ2v) is 6.53. The highest BCUT2D eigenvalue weighted by atomic mass is 19.1. The summed E-state index contributed by atoms with van der Waals surface area (Å²) in [4.78, 5) is 0. The third-order valence-corrected chi connectivity index (χ3v) is 5.19. The van der Waals surface area contributed by atoms with Gasteiger partial charge in [0.25, 0.3) is 0 Å². The highest BCUT2D eigenvalue weighted by Gasteiger charge is 2.20. The minimum absolute atomic E-state index is 0.145. The van der Waals surface area contributed by atoms with Crippen molar-refractivity contribution >= 4 is 11.2 Å². The van der Waals surface area contributed by atoms with E-state index in [1.165, 1.54) is 11.6 Å². The van der Waals surface area contributed by atoms with Gasteiger partial charge in [0.2, 0.25) is 0 Å². The molecule has 5 heteroatoms. The summed E-state index contributed by atoms with van der Waals surface area (Å²) in [5.41, 5.74) is 6.09. The molecule has 0 saturated carbocycles. The summed E-state index contributed by atoms with van der Waals surface area (Å²) < 4.78 is 22.0. The lowest BCUT2D eigenvalue weighted by Gasteiger charge is -2.12. The number of halogens is 1. The molecule has 0 bridgehead atoms. The van der Waals surface area contributed by atoms with Crippen LogP contribution in [0.25, 0.3) is 11.2 Å². The molecule has 3 heterocycles. The van der Waals surface area contributed by atoms with Gasteiger partial charge in [0.1, 0.15) is 17.9 Å². The Morgan fingerprint density at radius 1 is 1.27 bits per heavy atom. The van der Waals surface area contributed by atoms with Gasteiger partial charge in [-0.25, -0.2) is 4.39 Å². The zero-order chi connectivity index (χ0) is 18.1. The second kappa shape index (κ2) is 6.90. The zero-order valence-electron chi connectivity index (χ0n) is 15.1. The van der Waals surface area contributed by atoms with Gasteiger partial charge in [-0.1, -0.05) is 13.0 Å². The Balaban J connectivity index is 1.67. The monoisotopic (exact) mass is 351 g/mol. The summed E-state index contributed by atoms with van der Waals surface area (Å²) >= 11 is 0. The number of fused-ring (bicyclic) bond motifs is 2. The SMILES string of the molecule is CC=C(CC)c1ccc(CCc2c(F)ccc3c2CCO3)n2cnnc12. The van der Waals surface area contributed by atoms with Crippen LogP contribution in [-0.2, 0) is 19.3 Å². The summed E-state index contributed by atoms with van der Waals surface area (Å²) in [7, 11) is 0. The van der Waals surface area contributed by atoms with Crippen LogP contribution < -0.4 is 4.74 Å². The van der Waals surface area contributed by atoms with Gasteiger partial charge < -0.3 is 4.74 Å². The van der Waals surface area contributed by atoms with Crippen LogP contribution in [0.5, 0.6) is 5.75 Å². The molecule has 0 aliphatic carbocycles. The van der Waals surface area contributed by atoms with Crippen molar-refractivity contribution in [3.8, 4) is 5.75 Å². The van der Waals surface area contributed by atoms with Gasteiger partial charge >= 0.3 is 0 Å². The van der Waals surface area contributed by atoms with Crippen molar-refractivity contribution in [1.82, 2.24) is 14.6 Å². The van der Waals surface area contributed by atoms with Crippen molar-refractivity contribution in [1.29, 1.82) is 0 Å². The zero-order valence-corrected chi connectivity index (χ0v) is 15.1. The van der Waals surface area contributed by atoms with E-state index < -0.39 is 0 Å². The van der Waals surface area contributed by atoms with Crippen molar-refractivity contribution in [3.63, 3.8) is 0 Å². The van der Waals surface area contributed by atoms with E-state index in [2.05, 4.69) is 35.3 Å². The Morgan fingerprint density at radius 3 is 2.96 bits per heavy atom. The predicted octanol–water partition coefficient (Wildman–Crippen LogP) is 4.40. The lowest BCUT2D eigenvalue weighted by molar-refractivity contribution is 0.356. The molecular weight excluding hydrogens is 329 g/mol. The molecule has 4 nitrogen and oxygen atoms in total. The van der Waals surface area contributed by atoms with E-state index in [4.69, 9.17) is 4.74 Å². The highest BCUT2D eigenvalue weighted by Crippen LogP contribution is 2.31. The topological polar surface area (TPSA) is 39.4 Å². The Hall–Kier alpha value is -2.69. The summed E-state index contributed by atoms with van der Waals surface area (Å²) in [6.07, 6.45) is 6.94. The maximum atomic E-state index is 14.4. The number of hydrogen-bond acceptors (Lipinski definition) is 3. The lowest BCUT2D eigenvalue weighted by Crippen LogP contribution is -2.04. The van der Waals surface area contributed by atoms with E-state index in [1.807, 2.05) is 11.3 Å². The third kappa shape index (κ3) is 2.77. The molecule has 4 rings (SSSR count). The van der Waals surface area contributed by atoms with Gasteiger partial charge in [-0.2, -0.15) is 0 Å². The molecule has 0 unspecified atom stereocenters. The molecular formula is C21H22FN3O. The Labute approximate surface area is 152 Å². The van der Waals surface area contributed by atoms with Crippen LogP contribution in [0.3, 0.4) is 0 Å². The van der Waals surface area contributed by atoms with Gasteiger partial charge in [-0.15, -0.1) is 10.2 Å². The fraction of sp³-hybridized carbons (Fsp3) is 0.333. The number of pyridine rings is 1. The molecule has 2 aromatic heterocycles. The molecule has 0 amide bonds. The molecule has 3 aromatic rings. The van der Waals surface area contributed by atoms with Crippen molar-refractivity contribution in [2.75, 3.05) is 6.61 Å². The first-order valence-corrected chi connectivity index (χ1v) is 9.13. The number of aryl methyl sites for hydroxylation is 1. The molecule has 0 radical (unpaired) electrons. The van der Waals surface area contributed by atoms with Crippen LogP contribution in [0.15, 0.2) is 36.7 Å². The van der Waals surface area contributed by atoms with Crippen molar-refractivity contribution in [2.45, 2.75) is 39.5 Å². The minimum Gasteiger partial charge on any atom is -0.493 e. The van der Waals surface area contributed by atoms with Crippen LogP contribution in [0, 0.1) is 5.82 Å². The molecule has 0 saturated heterocycles. The van der Waals surface area contributed by atoms with Gasteiger partial charge in [0.05, 0.1) is 6.61 Å². The number of hydrogen-bond donors (Lipinski definition) is 0. The van der Waals surface area contributed by atoms with E-state index in [1.54, 1.807) is 12.4 Å². The summed E-state index contributed by atoms with van der Waals surface area (Å²) in [5, 5.41) is 8.40. The predicted molar refractivity (Wildman–Crippen MR) is 99.9 cm³/mol. The number of rotatable bonds is 5. The number of ether oxygens (including phenoxy) is 1. The average molecular weight is 351 g/mol. The molecule has 1 aliphatic rings. The fourth-order valence-electron chi connectivity index (χ4n) is 3.81. The third-order valence-electron chi connectivity index (χ3n) is 5.19. The van der Waals surface area contributed by atoms with Gasteiger partial charge in [0.15, 0.2) is 5.65 Å². The lowest BCUT2D eigenvalue weighted by atomic mass is 9.98. The second-order valence-electron chi connectivity index (χ2n) is 6.53. The average Bonchev–Trinajstić information content (AvgIpc) is 3.32. The van der Waals surface area contributed by atoms with Crippen LogP contribution in [0.2, 0.25) is 0 Å². The standard InChI is InChI=1S/C21H22FN3O/c1-3-14(4-2)16-7-5-15(25-13-23-24-21(16)25)6-8-17-18-11-12-26-20(18)10-9-19(17)22/h3,5,7,9-10,13H,4,6,8,11-12H2,1-2H3. The maximum absolute atomic E-state index is 14.4. The van der Waals surface area contributed by atoms with E-state index in [0.717, 1.165) is 53.0 Å². The van der Waals surface area contributed by atoms with Crippen LogP contribution in [0.4, 0.5) is 4.39 Å². The van der Waals surface area contributed by atoms with Gasteiger partial charge in [-0.05, 0) is 61.6 Å². The number of nitrogens with zero attached hydrogens (tertiary/aromatic N) is 3. The molecule has 0 spiro atoms. The summed E-state index contributed by atoms with van der Waals surface area (Å²) in [6, 6.07) is 7.45. The van der Waals surface area contributed by atoms with E-state index in [0.29, 0.717) is 13.0 Å². The quantitative estimate of drug-likeness (QED) is 0.684. The Kier molecular flexibility index (Phi) is 4.45. The minimum atomic E-state index is -0.145. The van der Waals surface area contributed by atoms with Crippen molar-refractivity contribution < 1.29 is 9.13 Å². The number of benzene rings is 1. The number of allylic oxidation sites excluding steroid dienone is 2. The van der Waals surface area contributed by atoms with Crippen LogP contribution in [0.1, 0.15) is 42.7 Å². The van der Waals surface area contributed by atoms with E-state index >= 15 is 0 Å². The fourth-order valence-corrected chi connectivity index (χ4v) is 3.81. The molecule has 0 atom stereocenters. The first-order valence-electron chi connectivity index (χ1n) is 9.13. The molecule has 1 aliphatic heterocycles. The molecule has 26 heavy (non-hydrogen) atoms. The maximum Gasteiger partial charge on any atom is 0.168 e. The molecule has 1 aromatic carbocycles. The van der Waals surface area contributed by atoms with Crippen LogP contribution in [-0.4, -0.2) is 21.2 Å².